The molecular weight excluding hydrogens is 614 g/mol. The Morgan fingerprint density at radius 1 is 1.02 bits per heavy atom. The lowest BCUT2D eigenvalue weighted by Gasteiger charge is -2.30. The molecule has 236 valence electrons. The normalized spacial score (nSPS) is 20.7. The van der Waals surface area contributed by atoms with Gasteiger partial charge in [-0.25, -0.2) is 17.5 Å². The molecule has 2 heterocycles. The highest BCUT2D eigenvalue weighted by Gasteiger charge is 2.52. The van der Waals surface area contributed by atoms with E-state index in [0.29, 0.717) is 34.7 Å². The summed E-state index contributed by atoms with van der Waals surface area (Å²) in [7, 11) is -4.43. The number of hydrogen-bond donors (Lipinski definition) is 3. The van der Waals surface area contributed by atoms with E-state index in [4.69, 9.17) is 27.8 Å². The number of para-hydroxylation sites is 1. The van der Waals surface area contributed by atoms with E-state index < -0.39 is 28.0 Å². The van der Waals surface area contributed by atoms with E-state index in [0.717, 1.165) is 56.9 Å². The summed E-state index contributed by atoms with van der Waals surface area (Å²) in [5.74, 6) is 0.664. The Hall–Kier alpha value is -4.06. The van der Waals surface area contributed by atoms with Crippen molar-refractivity contribution in [3.05, 3.63) is 83.0 Å². The third kappa shape index (κ3) is 5.99. The zero-order valence-electron chi connectivity index (χ0n) is 24.9. The number of ether oxygens (including phenoxy) is 1. The number of aromatic nitrogens is 1. The van der Waals surface area contributed by atoms with Crippen LogP contribution in [0.1, 0.15) is 36.8 Å². The summed E-state index contributed by atoms with van der Waals surface area (Å²) in [6, 6.07) is 14.3. The van der Waals surface area contributed by atoms with E-state index >= 15 is 0 Å². The number of benzene rings is 3. The first kappa shape index (κ1) is 30.9. The first-order chi connectivity index (χ1) is 21.6. The minimum absolute atomic E-state index is 0.0406. The van der Waals surface area contributed by atoms with Crippen LogP contribution in [-0.2, 0) is 21.2 Å². The molecule has 3 aromatic carbocycles. The summed E-state index contributed by atoms with van der Waals surface area (Å²) in [5, 5.41) is 1.21. The maximum absolute atomic E-state index is 14.2. The van der Waals surface area contributed by atoms with Crippen LogP contribution in [0, 0.1) is 18.8 Å². The highest BCUT2D eigenvalue weighted by atomic mass is 35.5. The number of halogens is 1. The number of hydrogen-bond acceptors (Lipinski definition) is 7. The first-order valence-corrected chi connectivity index (χ1v) is 16.9. The van der Waals surface area contributed by atoms with Gasteiger partial charge in [0.2, 0.25) is 0 Å². The third-order valence-electron chi connectivity index (χ3n) is 8.93. The molecule has 0 bridgehead atoms. The van der Waals surface area contributed by atoms with Gasteiger partial charge in [0, 0.05) is 36.1 Å². The van der Waals surface area contributed by atoms with Crippen molar-refractivity contribution in [2.75, 3.05) is 18.8 Å². The van der Waals surface area contributed by atoms with E-state index in [2.05, 4.69) is 4.98 Å². The van der Waals surface area contributed by atoms with Gasteiger partial charge in [-0.15, -0.1) is 0 Å². The molecule has 3 amide bonds. The monoisotopic (exact) mass is 649 g/mol. The van der Waals surface area contributed by atoms with Gasteiger partial charge in [-0.3, -0.25) is 9.69 Å². The smallest absolute Gasteiger partial charge is 0.341 e. The van der Waals surface area contributed by atoms with Crippen LogP contribution in [0.15, 0.2) is 71.8 Å². The largest absolute Gasteiger partial charge is 0.457 e. The Kier molecular flexibility index (Phi) is 8.51. The molecule has 1 aliphatic heterocycles. The van der Waals surface area contributed by atoms with Gasteiger partial charge in [0.05, 0.1) is 15.6 Å². The molecule has 2 fully saturated rings. The lowest BCUT2D eigenvalue weighted by atomic mass is 9.81. The molecule has 1 aromatic heterocycles. The minimum atomic E-state index is -4.43. The van der Waals surface area contributed by atoms with Gasteiger partial charge in [-0.05, 0) is 92.1 Å². The number of anilines is 1. The van der Waals surface area contributed by atoms with Gasteiger partial charge >= 0.3 is 6.03 Å². The van der Waals surface area contributed by atoms with Crippen molar-refractivity contribution >= 4 is 50.2 Å². The number of nitrogens with one attached hydrogen (secondary N) is 1. The molecule has 0 spiro atoms. The van der Waals surface area contributed by atoms with Crippen LogP contribution in [0.5, 0.6) is 11.5 Å². The molecule has 1 saturated heterocycles. The highest BCUT2D eigenvalue weighted by Crippen LogP contribution is 2.35. The molecule has 10 nitrogen and oxygen atoms in total. The number of sulfonamides is 1. The number of nitrogens with two attached hydrogens (primary N) is 2. The topological polar surface area (TPSA) is 152 Å². The number of aryl methyl sites for hydroxylation is 1. The Balaban J connectivity index is 1.31. The van der Waals surface area contributed by atoms with Crippen molar-refractivity contribution < 1.29 is 22.7 Å². The minimum Gasteiger partial charge on any atom is -0.457 e. The third-order valence-corrected chi connectivity index (χ3v) is 11.1. The second kappa shape index (κ2) is 12.4. The van der Waals surface area contributed by atoms with Crippen molar-refractivity contribution in [1.29, 1.82) is 0 Å². The number of nitrogens with zero attached hydrogens (tertiary/aromatic N) is 2. The standard InChI is InChI=1S/C33H36ClN5O5S/c1-20-4-2-7-27-23(18-37-31(20)27)15-30-32(40)38(19-22-6-3-5-21(14-22)17-35)33(41)39(30)45(42,43)26-11-8-24(9-12-26)44-25-10-13-29(36)28(34)16-25/h2,4,7-13,16,18,21-22,30,37H,3,5-6,14-15,17,19,35-36H2,1H3. The quantitative estimate of drug-likeness (QED) is 0.152. The van der Waals surface area contributed by atoms with Crippen LogP contribution >= 0.6 is 11.6 Å². The second-order valence-electron chi connectivity index (χ2n) is 12.0. The Bertz CT molecular complexity index is 1860. The number of nitrogen functional groups attached to an aromatic ring is 1. The van der Waals surface area contributed by atoms with Crippen molar-refractivity contribution in [1.82, 2.24) is 14.2 Å². The predicted molar refractivity (Wildman–Crippen MR) is 174 cm³/mol. The summed E-state index contributed by atoms with van der Waals surface area (Å²) in [6.07, 6.45) is 5.45. The van der Waals surface area contributed by atoms with Crippen molar-refractivity contribution in [2.45, 2.75) is 50.0 Å². The molecule has 4 aromatic rings. The van der Waals surface area contributed by atoms with Gasteiger partial charge in [-0.1, -0.05) is 36.2 Å². The summed E-state index contributed by atoms with van der Waals surface area (Å²) < 4.78 is 34.9. The Morgan fingerprint density at radius 3 is 2.49 bits per heavy atom. The summed E-state index contributed by atoms with van der Waals surface area (Å²) in [6.45, 7) is 2.69. The molecule has 12 heteroatoms. The molecule has 2 aliphatic rings. The maximum atomic E-state index is 14.2. The van der Waals surface area contributed by atoms with Crippen LogP contribution in [0.4, 0.5) is 10.5 Å². The second-order valence-corrected chi connectivity index (χ2v) is 14.2. The number of H-pyrrole nitrogens is 1. The van der Waals surface area contributed by atoms with Crippen LogP contribution < -0.4 is 16.2 Å². The number of amides is 3. The first-order valence-electron chi connectivity index (χ1n) is 15.0. The average molecular weight is 650 g/mol. The van der Waals surface area contributed by atoms with Gasteiger partial charge < -0.3 is 21.2 Å². The fourth-order valence-corrected chi connectivity index (χ4v) is 8.20. The van der Waals surface area contributed by atoms with Gasteiger partial charge in [0.15, 0.2) is 0 Å². The van der Waals surface area contributed by atoms with Gasteiger partial charge in [-0.2, -0.15) is 0 Å². The van der Waals surface area contributed by atoms with Crippen molar-refractivity contribution in [3.8, 4) is 11.5 Å². The fraction of sp³-hybridized carbons (Fsp3) is 0.333. The number of imide groups is 1. The fourth-order valence-electron chi connectivity index (χ4n) is 6.52. The van der Waals surface area contributed by atoms with Crippen molar-refractivity contribution in [3.63, 3.8) is 0 Å². The van der Waals surface area contributed by atoms with E-state index in [1.54, 1.807) is 24.4 Å². The number of rotatable bonds is 9. The summed E-state index contributed by atoms with van der Waals surface area (Å²) in [5.41, 5.74) is 14.8. The molecular formula is C33H36ClN5O5S. The zero-order chi connectivity index (χ0) is 31.9. The number of carbonyl (C=O) groups is 2. The van der Waals surface area contributed by atoms with Crippen LogP contribution in [-0.4, -0.2) is 53.7 Å². The zero-order valence-corrected chi connectivity index (χ0v) is 26.5. The number of urea groups is 1. The van der Waals surface area contributed by atoms with Crippen LogP contribution in [0.25, 0.3) is 10.9 Å². The molecule has 5 N–H and O–H groups in total. The van der Waals surface area contributed by atoms with E-state index in [-0.39, 0.29) is 23.8 Å². The highest BCUT2D eigenvalue weighted by molar-refractivity contribution is 7.89. The SMILES string of the molecule is Cc1cccc2c(CC3C(=O)N(CC4CCCC(CN)C4)C(=O)N3S(=O)(=O)c3ccc(Oc4ccc(N)c(Cl)c4)cc3)c[nH]c12. The van der Waals surface area contributed by atoms with Gasteiger partial charge in [0.1, 0.15) is 17.5 Å². The maximum Gasteiger partial charge on any atom is 0.341 e. The number of aromatic amines is 1. The van der Waals surface area contributed by atoms with E-state index in [1.165, 1.54) is 24.3 Å². The molecule has 3 atom stereocenters. The molecule has 1 aliphatic carbocycles. The number of fused-ring (bicyclic) bond motifs is 1. The molecule has 45 heavy (non-hydrogen) atoms. The van der Waals surface area contributed by atoms with Crippen molar-refractivity contribution in [2.24, 2.45) is 17.6 Å². The predicted octanol–water partition coefficient (Wildman–Crippen LogP) is 5.83. The lowest BCUT2D eigenvalue weighted by Crippen LogP contribution is -2.41. The van der Waals surface area contributed by atoms with E-state index in [9.17, 15) is 18.0 Å². The van der Waals surface area contributed by atoms with Gasteiger partial charge in [0.25, 0.3) is 15.9 Å². The molecule has 1 saturated carbocycles. The van der Waals surface area contributed by atoms with Crippen LogP contribution in [0.2, 0.25) is 5.02 Å². The molecule has 3 unspecified atom stereocenters. The van der Waals surface area contributed by atoms with E-state index in [1.807, 2.05) is 25.1 Å². The molecule has 0 radical (unpaired) electrons. The lowest BCUT2D eigenvalue weighted by molar-refractivity contribution is -0.128. The Morgan fingerprint density at radius 2 is 1.76 bits per heavy atom. The number of carbonyl (C=O) groups excluding carboxylic acids is 2. The average Bonchev–Trinajstić information content (AvgIpc) is 3.54. The Labute approximate surface area is 267 Å². The molecule has 6 rings (SSSR count). The summed E-state index contributed by atoms with van der Waals surface area (Å²) in [4.78, 5) is 32.2. The van der Waals surface area contributed by atoms with Crippen LogP contribution in [0.3, 0.4) is 0 Å². The summed E-state index contributed by atoms with van der Waals surface area (Å²) >= 11 is 6.09.